The number of nitrogens with zero attached hydrogens (tertiary/aromatic N) is 3. The maximum absolute atomic E-state index is 11.5. The van der Waals surface area contributed by atoms with Gasteiger partial charge in [0.2, 0.25) is 5.13 Å². The van der Waals surface area contributed by atoms with Crippen molar-refractivity contribution in [2.75, 3.05) is 29.9 Å². The van der Waals surface area contributed by atoms with Crippen LogP contribution in [0.2, 0.25) is 0 Å². The third-order valence-corrected chi connectivity index (χ3v) is 5.60. The summed E-state index contributed by atoms with van der Waals surface area (Å²) >= 11 is 1.53. The first-order chi connectivity index (χ1) is 8.50. The Morgan fingerprint density at radius 3 is 2.94 bits per heavy atom. The van der Waals surface area contributed by atoms with E-state index in [9.17, 15) is 8.42 Å². The molecule has 1 atom stereocenters. The van der Waals surface area contributed by atoms with Crippen molar-refractivity contribution < 1.29 is 8.42 Å². The second-order valence-electron chi connectivity index (χ2n) is 4.47. The molecule has 0 spiro atoms. The fourth-order valence-electron chi connectivity index (χ4n) is 1.98. The van der Waals surface area contributed by atoms with Crippen molar-refractivity contribution >= 4 is 26.3 Å². The van der Waals surface area contributed by atoms with Gasteiger partial charge in [-0.3, -0.25) is 4.90 Å². The Bertz CT molecular complexity index is 500. The number of hydrogen-bond acceptors (Lipinski definition) is 7. The van der Waals surface area contributed by atoms with Gasteiger partial charge in [0.15, 0.2) is 9.84 Å². The van der Waals surface area contributed by atoms with Gasteiger partial charge in [-0.25, -0.2) is 8.42 Å². The van der Waals surface area contributed by atoms with Crippen molar-refractivity contribution in [3.05, 3.63) is 5.01 Å². The Hall–Kier alpha value is -0.730. The van der Waals surface area contributed by atoms with Crippen LogP contribution in [0, 0.1) is 0 Å². The zero-order valence-corrected chi connectivity index (χ0v) is 12.2. The predicted octanol–water partition coefficient (Wildman–Crippen LogP) is 0.589. The molecule has 1 aliphatic rings. The highest BCUT2D eigenvalue weighted by molar-refractivity contribution is 7.91. The lowest BCUT2D eigenvalue weighted by atomic mass is 10.3. The summed E-state index contributed by atoms with van der Waals surface area (Å²) in [5.41, 5.74) is 0. The molecule has 1 aromatic rings. The summed E-state index contributed by atoms with van der Waals surface area (Å²) in [6.07, 6.45) is 0. The highest BCUT2D eigenvalue weighted by Crippen LogP contribution is 2.20. The second-order valence-corrected chi connectivity index (χ2v) is 7.76. The van der Waals surface area contributed by atoms with E-state index in [-0.39, 0.29) is 17.5 Å². The average molecular weight is 290 g/mol. The SMILES string of the molecule is CCNc1nnc(CN2CCS(=O)(=O)CC2C)s1. The molecule has 0 radical (unpaired) electrons. The molecule has 0 saturated carbocycles. The van der Waals surface area contributed by atoms with Crippen LogP contribution in [0.3, 0.4) is 0 Å². The molecule has 1 N–H and O–H groups in total. The lowest BCUT2D eigenvalue weighted by Crippen LogP contribution is -2.46. The fraction of sp³-hybridized carbons (Fsp3) is 0.800. The van der Waals surface area contributed by atoms with E-state index in [2.05, 4.69) is 20.4 Å². The standard InChI is InChI=1S/C10H18N4O2S2/c1-3-11-10-13-12-9(17-10)6-14-4-5-18(15,16)7-8(14)2/h8H,3-7H2,1-2H3,(H,11,13). The van der Waals surface area contributed by atoms with Gasteiger partial charge in [0.05, 0.1) is 18.1 Å². The minimum absolute atomic E-state index is 0.0511. The molecule has 1 fully saturated rings. The van der Waals surface area contributed by atoms with E-state index in [1.54, 1.807) is 0 Å². The maximum Gasteiger partial charge on any atom is 0.205 e. The summed E-state index contributed by atoms with van der Waals surface area (Å²) in [5.74, 6) is 0.488. The molecule has 1 aliphatic heterocycles. The number of aromatic nitrogens is 2. The second kappa shape index (κ2) is 5.50. The number of anilines is 1. The van der Waals surface area contributed by atoms with Crippen molar-refractivity contribution in [2.45, 2.75) is 26.4 Å². The Morgan fingerprint density at radius 1 is 1.50 bits per heavy atom. The van der Waals surface area contributed by atoms with E-state index in [0.717, 1.165) is 16.7 Å². The Labute approximate surface area is 111 Å². The molecule has 1 saturated heterocycles. The van der Waals surface area contributed by atoms with Crippen LogP contribution in [-0.2, 0) is 16.4 Å². The van der Waals surface area contributed by atoms with E-state index in [0.29, 0.717) is 13.1 Å². The van der Waals surface area contributed by atoms with Gasteiger partial charge in [-0.15, -0.1) is 10.2 Å². The van der Waals surface area contributed by atoms with Crippen LogP contribution in [0.5, 0.6) is 0 Å². The van der Waals surface area contributed by atoms with E-state index in [1.807, 2.05) is 13.8 Å². The van der Waals surface area contributed by atoms with Crippen LogP contribution in [-0.4, -0.2) is 54.2 Å². The zero-order chi connectivity index (χ0) is 13.2. The van der Waals surface area contributed by atoms with Crippen molar-refractivity contribution in [3.63, 3.8) is 0 Å². The lowest BCUT2D eigenvalue weighted by molar-refractivity contribution is 0.217. The van der Waals surface area contributed by atoms with Gasteiger partial charge < -0.3 is 5.32 Å². The maximum atomic E-state index is 11.5. The molecule has 0 aromatic carbocycles. The smallest absolute Gasteiger partial charge is 0.205 e. The topological polar surface area (TPSA) is 75.2 Å². The van der Waals surface area contributed by atoms with Crippen molar-refractivity contribution in [1.82, 2.24) is 15.1 Å². The van der Waals surface area contributed by atoms with Gasteiger partial charge in [0.25, 0.3) is 0 Å². The summed E-state index contributed by atoms with van der Waals surface area (Å²) in [4.78, 5) is 2.15. The van der Waals surface area contributed by atoms with E-state index in [4.69, 9.17) is 0 Å². The zero-order valence-electron chi connectivity index (χ0n) is 10.6. The molecule has 0 aliphatic carbocycles. The molecule has 2 heterocycles. The molecule has 102 valence electrons. The quantitative estimate of drug-likeness (QED) is 0.874. The van der Waals surface area contributed by atoms with Crippen LogP contribution in [0.25, 0.3) is 0 Å². The van der Waals surface area contributed by atoms with Crippen molar-refractivity contribution in [2.24, 2.45) is 0 Å². The van der Waals surface area contributed by atoms with Gasteiger partial charge in [0.1, 0.15) is 5.01 Å². The molecule has 0 amide bonds. The van der Waals surface area contributed by atoms with Crippen LogP contribution in [0.4, 0.5) is 5.13 Å². The first-order valence-corrected chi connectivity index (χ1v) is 8.64. The molecule has 1 aromatic heterocycles. The Kier molecular flexibility index (Phi) is 4.18. The average Bonchev–Trinajstić information content (AvgIpc) is 2.70. The number of sulfone groups is 1. The van der Waals surface area contributed by atoms with Crippen molar-refractivity contribution in [1.29, 1.82) is 0 Å². The van der Waals surface area contributed by atoms with E-state index >= 15 is 0 Å². The summed E-state index contributed by atoms with van der Waals surface area (Å²) in [6, 6.07) is 0.0511. The minimum atomic E-state index is -2.85. The number of rotatable bonds is 4. The van der Waals surface area contributed by atoms with Gasteiger partial charge >= 0.3 is 0 Å². The van der Waals surface area contributed by atoms with E-state index in [1.165, 1.54) is 11.3 Å². The molecule has 2 rings (SSSR count). The van der Waals surface area contributed by atoms with Crippen molar-refractivity contribution in [3.8, 4) is 0 Å². The Morgan fingerprint density at radius 2 is 2.28 bits per heavy atom. The van der Waals surface area contributed by atoms with Crippen LogP contribution in [0.15, 0.2) is 0 Å². The molecular formula is C10H18N4O2S2. The molecule has 0 bridgehead atoms. The molecule has 6 nitrogen and oxygen atoms in total. The highest BCUT2D eigenvalue weighted by Gasteiger charge is 2.28. The minimum Gasteiger partial charge on any atom is -0.360 e. The summed E-state index contributed by atoms with van der Waals surface area (Å²) in [6.45, 7) is 6.05. The van der Waals surface area contributed by atoms with Crippen LogP contribution < -0.4 is 5.32 Å². The van der Waals surface area contributed by atoms with E-state index < -0.39 is 9.84 Å². The number of nitrogens with one attached hydrogen (secondary N) is 1. The molecular weight excluding hydrogens is 272 g/mol. The van der Waals surface area contributed by atoms with Gasteiger partial charge in [-0.1, -0.05) is 11.3 Å². The Balaban J connectivity index is 1.97. The summed E-state index contributed by atoms with van der Waals surface area (Å²) in [7, 11) is -2.85. The van der Waals surface area contributed by atoms with Crippen LogP contribution in [0.1, 0.15) is 18.9 Å². The van der Waals surface area contributed by atoms with Gasteiger partial charge in [-0.05, 0) is 13.8 Å². The molecule has 18 heavy (non-hydrogen) atoms. The fourth-order valence-corrected chi connectivity index (χ4v) is 4.44. The summed E-state index contributed by atoms with van der Waals surface area (Å²) < 4.78 is 23.0. The van der Waals surface area contributed by atoms with Gasteiger partial charge in [0, 0.05) is 19.1 Å². The largest absolute Gasteiger partial charge is 0.360 e. The predicted molar refractivity (Wildman–Crippen MR) is 72.6 cm³/mol. The van der Waals surface area contributed by atoms with Crippen LogP contribution >= 0.6 is 11.3 Å². The molecule has 8 heteroatoms. The van der Waals surface area contributed by atoms with Gasteiger partial charge in [-0.2, -0.15) is 0 Å². The number of hydrogen-bond donors (Lipinski definition) is 1. The first kappa shape index (κ1) is 13.7. The lowest BCUT2D eigenvalue weighted by Gasteiger charge is -2.32. The highest BCUT2D eigenvalue weighted by atomic mass is 32.2. The monoisotopic (exact) mass is 290 g/mol. The molecule has 1 unspecified atom stereocenters. The normalized spacial score (nSPS) is 24.0. The summed E-state index contributed by atoms with van der Waals surface area (Å²) in [5, 5.41) is 13.0. The third-order valence-electron chi connectivity index (χ3n) is 2.94. The first-order valence-electron chi connectivity index (χ1n) is 6.01. The third kappa shape index (κ3) is 3.39.